The number of carboxylic acid groups (broad SMARTS) is 1. The van der Waals surface area contributed by atoms with Crippen molar-refractivity contribution in [2.24, 2.45) is 0 Å². The molecular weight excluding hydrogens is 140 g/mol. The van der Waals surface area contributed by atoms with E-state index in [0.717, 1.165) is 12.8 Å². The molecule has 0 radical (unpaired) electrons. The average molecular weight is 145 g/mol. The van der Waals surface area contributed by atoms with Crippen molar-refractivity contribution in [3.05, 3.63) is 0 Å². The number of aliphatic carboxylic acids is 1. The molecule has 0 aromatic carbocycles. The van der Waals surface area contributed by atoms with Crippen LogP contribution in [0.2, 0.25) is 0 Å². The highest BCUT2D eigenvalue weighted by atomic mass is 35.5. The molecule has 0 aromatic rings. The van der Waals surface area contributed by atoms with Gasteiger partial charge in [0, 0.05) is 5.92 Å². The van der Waals surface area contributed by atoms with Crippen molar-refractivity contribution >= 4 is 17.6 Å². The first-order valence-electron chi connectivity index (χ1n) is 2.57. The van der Waals surface area contributed by atoms with E-state index in [4.69, 9.17) is 16.7 Å². The minimum atomic E-state index is -1.11. The summed E-state index contributed by atoms with van der Waals surface area (Å²) in [5, 5.41) is 8.07. The van der Waals surface area contributed by atoms with Gasteiger partial charge in [0.05, 0.1) is 0 Å². The van der Waals surface area contributed by atoms with Gasteiger partial charge in [-0.2, -0.15) is 0 Å². The summed E-state index contributed by atoms with van der Waals surface area (Å²) < 4.78 is 0. The van der Waals surface area contributed by atoms with E-state index in [2.05, 4.69) is 5.92 Å². The summed E-state index contributed by atoms with van der Waals surface area (Å²) in [4.78, 5) is 9.35. The third-order valence-corrected chi connectivity index (χ3v) is 1.55. The smallest absolute Gasteiger partial charge is 0.381 e. The van der Waals surface area contributed by atoms with Gasteiger partial charge in [0.2, 0.25) is 0 Å². The fourth-order valence-electron chi connectivity index (χ4n) is 0.400. The van der Waals surface area contributed by atoms with Gasteiger partial charge in [0.25, 0.3) is 0 Å². The monoisotopic (exact) mass is 144 g/mol. The van der Waals surface area contributed by atoms with Crippen LogP contribution in [-0.4, -0.2) is 16.0 Å². The number of carbonyl (C=O) groups is 1. The predicted octanol–water partition coefficient (Wildman–Crippen LogP) is 0.846. The summed E-state index contributed by atoms with van der Waals surface area (Å²) in [6.07, 6.45) is 1.63. The molecule has 0 aromatic heterocycles. The summed E-state index contributed by atoms with van der Waals surface area (Å²) >= 11 is 5.65. The van der Waals surface area contributed by atoms with E-state index in [0.29, 0.717) is 0 Å². The molecule has 0 saturated heterocycles. The molecule has 9 heavy (non-hydrogen) atoms. The fraction of sp³-hybridized carbons (Fsp3) is 0.500. The molecule has 0 unspecified atom stereocenters. The highest BCUT2D eigenvalue weighted by molar-refractivity contribution is 6.28. The average Bonchev–Trinajstić information content (AvgIpc) is 2.45. The summed E-state index contributed by atoms with van der Waals surface area (Å²) in [6, 6.07) is 0. The normalized spacial score (nSPS) is 19.7. The van der Waals surface area contributed by atoms with Crippen LogP contribution in [-0.2, 0) is 4.79 Å². The molecule has 1 aliphatic rings. The highest BCUT2D eigenvalue weighted by Crippen LogP contribution is 2.41. The SMILES string of the molecule is O=C(O)C#CC1(Cl)CC1. The molecule has 1 aliphatic carbocycles. The fourth-order valence-corrected chi connectivity index (χ4v) is 0.542. The van der Waals surface area contributed by atoms with Crippen LogP contribution in [0.1, 0.15) is 12.8 Å². The summed E-state index contributed by atoms with van der Waals surface area (Å²) in [5.41, 5.74) is 0. The summed E-state index contributed by atoms with van der Waals surface area (Å²) in [6.45, 7) is 0. The lowest BCUT2D eigenvalue weighted by molar-refractivity contribution is -0.130. The van der Waals surface area contributed by atoms with Crippen molar-refractivity contribution in [1.29, 1.82) is 0 Å². The highest BCUT2D eigenvalue weighted by Gasteiger charge is 2.38. The van der Waals surface area contributed by atoms with E-state index in [1.165, 1.54) is 0 Å². The molecule has 1 fully saturated rings. The zero-order valence-electron chi connectivity index (χ0n) is 4.65. The minimum absolute atomic E-state index is 0.488. The van der Waals surface area contributed by atoms with Crippen molar-refractivity contribution in [3.8, 4) is 11.8 Å². The van der Waals surface area contributed by atoms with Crippen LogP contribution in [0, 0.1) is 11.8 Å². The zero-order valence-corrected chi connectivity index (χ0v) is 5.40. The van der Waals surface area contributed by atoms with Crippen LogP contribution in [0.15, 0.2) is 0 Å². The van der Waals surface area contributed by atoms with Crippen LogP contribution < -0.4 is 0 Å². The van der Waals surface area contributed by atoms with E-state index in [-0.39, 0.29) is 0 Å². The van der Waals surface area contributed by atoms with Gasteiger partial charge in [-0.3, -0.25) is 0 Å². The van der Waals surface area contributed by atoms with Gasteiger partial charge in [-0.1, -0.05) is 5.92 Å². The molecule has 0 aliphatic heterocycles. The van der Waals surface area contributed by atoms with Gasteiger partial charge in [-0.25, -0.2) is 4.79 Å². The molecule has 0 spiro atoms. The number of halogens is 1. The Hall–Kier alpha value is -0.680. The van der Waals surface area contributed by atoms with Crippen molar-refractivity contribution in [2.45, 2.75) is 17.7 Å². The minimum Gasteiger partial charge on any atom is -0.472 e. The van der Waals surface area contributed by atoms with E-state index in [1.54, 1.807) is 0 Å². The predicted molar refractivity (Wildman–Crippen MR) is 33.2 cm³/mol. The summed E-state index contributed by atoms with van der Waals surface area (Å²) in [5.74, 6) is 3.32. The lowest BCUT2D eigenvalue weighted by Crippen LogP contribution is -1.94. The summed E-state index contributed by atoms with van der Waals surface area (Å²) in [7, 11) is 0. The molecular formula is C6H5ClO2. The Labute approximate surface area is 57.8 Å². The van der Waals surface area contributed by atoms with Gasteiger partial charge < -0.3 is 5.11 Å². The first-order valence-corrected chi connectivity index (χ1v) is 2.95. The van der Waals surface area contributed by atoms with Gasteiger partial charge in [-0.05, 0) is 12.8 Å². The van der Waals surface area contributed by atoms with Crippen molar-refractivity contribution in [2.75, 3.05) is 0 Å². The quantitative estimate of drug-likeness (QED) is 0.404. The molecule has 0 bridgehead atoms. The molecule has 0 atom stereocenters. The largest absolute Gasteiger partial charge is 0.472 e. The Balaban J connectivity index is 2.51. The molecule has 2 nitrogen and oxygen atoms in total. The number of carboxylic acids is 1. The van der Waals surface area contributed by atoms with Crippen molar-refractivity contribution < 1.29 is 9.90 Å². The van der Waals surface area contributed by atoms with Crippen LogP contribution in [0.3, 0.4) is 0 Å². The van der Waals surface area contributed by atoms with Gasteiger partial charge in [0.15, 0.2) is 0 Å². The number of hydrogen-bond acceptors (Lipinski definition) is 1. The standard InChI is InChI=1S/C6H5ClO2/c7-6(3-4-6)2-1-5(8)9/h3-4H2,(H,8,9). The second kappa shape index (κ2) is 1.93. The maximum Gasteiger partial charge on any atom is 0.381 e. The zero-order chi connectivity index (χ0) is 6.91. The molecule has 0 amide bonds. The Morgan fingerprint density at radius 1 is 1.67 bits per heavy atom. The number of rotatable bonds is 0. The second-order valence-corrected chi connectivity index (χ2v) is 2.74. The molecule has 1 N–H and O–H groups in total. The van der Waals surface area contributed by atoms with E-state index >= 15 is 0 Å². The van der Waals surface area contributed by atoms with E-state index in [1.807, 2.05) is 5.92 Å². The lowest BCUT2D eigenvalue weighted by Gasteiger charge is -1.85. The number of alkyl halides is 1. The van der Waals surface area contributed by atoms with Crippen LogP contribution in [0.5, 0.6) is 0 Å². The lowest BCUT2D eigenvalue weighted by atomic mass is 10.4. The van der Waals surface area contributed by atoms with Gasteiger partial charge in [-0.15, -0.1) is 11.6 Å². The van der Waals surface area contributed by atoms with E-state index < -0.39 is 10.8 Å². The van der Waals surface area contributed by atoms with Crippen LogP contribution in [0.25, 0.3) is 0 Å². The topological polar surface area (TPSA) is 37.3 Å². The molecule has 3 heteroatoms. The molecule has 1 saturated carbocycles. The Kier molecular flexibility index (Phi) is 1.38. The first kappa shape index (κ1) is 6.44. The van der Waals surface area contributed by atoms with Crippen molar-refractivity contribution in [1.82, 2.24) is 0 Å². The maximum atomic E-state index is 9.84. The third kappa shape index (κ3) is 1.95. The molecule has 1 rings (SSSR count). The Morgan fingerprint density at radius 3 is 2.56 bits per heavy atom. The van der Waals surface area contributed by atoms with Crippen LogP contribution >= 0.6 is 11.6 Å². The van der Waals surface area contributed by atoms with Crippen molar-refractivity contribution in [3.63, 3.8) is 0 Å². The number of hydrogen-bond donors (Lipinski definition) is 1. The Bertz CT molecular complexity index is 195. The second-order valence-electron chi connectivity index (χ2n) is 2.02. The van der Waals surface area contributed by atoms with E-state index in [9.17, 15) is 4.79 Å². The molecule has 0 heterocycles. The van der Waals surface area contributed by atoms with Crippen LogP contribution in [0.4, 0.5) is 0 Å². The maximum absolute atomic E-state index is 9.84. The van der Waals surface area contributed by atoms with Gasteiger partial charge in [0.1, 0.15) is 4.87 Å². The van der Waals surface area contributed by atoms with Gasteiger partial charge >= 0.3 is 5.97 Å². The Morgan fingerprint density at radius 2 is 2.22 bits per heavy atom. The third-order valence-electron chi connectivity index (χ3n) is 1.08. The first-order chi connectivity index (χ1) is 4.12. The molecule has 48 valence electrons.